The normalized spacial score (nSPS) is 17.8. The first-order valence-electron chi connectivity index (χ1n) is 8.49. The summed E-state index contributed by atoms with van der Waals surface area (Å²) in [6.45, 7) is 5.29. The average Bonchev–Trinajstić information content (AvgIpc) is 2.59. The summed E-state index contributed by atoms with van der Waals surface area (Å²) >= 11 is 0. The molecule has 6 heteroatoms. The molecular formula is C18H27N3O3. The first-order chi connectivity index (χ1) is 11.4. The number of ether oxygens (including phenoxy) is 1. The molecule has 0 bridgehead atoms. The van der Waals surface area contributed by atoms with Gasteiger partial charge in [-0.2, -0.15) is 0 Å². The molecule has 132 valence electrons. The third kappa shape index (κ3) is 4.79. The summed E-state index contributed by atoms with van der Waals surface area (Å²) < 4.78 is 5.26. The van der Waals surface area contributed by atoms with Crippen LogP contribution in [0.4, 0.5) is 5.69 Å². The molecule has 4 N–H and O–H groups in total. The maximum Gasteiger partial charge on any atom is 0.240 e. The van der Waals surface area contributed by atoms with E-state index in [0.717, 1.165) is 17.7 Å². The first kappa shape index (κ1) is 18.4. The summed E-state index contributed by atoms with van der Waals surface area (Å²) in [6.07, 6.45) is 1.86. The molecule has 6 nitrogen and oxygen atoms in total. The fraction of sp³-hybridized carbons (Fsp3) is 0.556. The van der Waals surface area contributed by atoms with Crippen LogP contribution < -0.4 is 16.4 Å². The van der Waals surface area contributed by atoms with Gasteiger partial charge in [0.25, 0.3) is 0 Å². The highest BCUT2D eigenvalue weighted by atomic mass is 16.5. The Kier molecular flexibility index (Phi) is 6.34. The van der Waals surface area contributed by atoms with E-state index in [4.69, 9.17) is 10.5 Å². The lowest BCUT2D eigenvalue weighted by Gasteiger charge is -2.31. The summed E-state index contributed by atoms with van der Waals surface area (Å²) in [6, 6.07) is 7.48. The Morgan fingerprint density at radius 1 is 1.33 bits per heavy atom. The number of carbonyl (C=O) groups is 2. The van der Waals surface area contributed by atoms with Crippen molar-refractivity contribution in [1.82, 2.24) is 5.32 Å². The molecule has 2 amide bonds. The first-order valence-corrected chi connectivity index (χ1v) is 8.49. The van der Waals surface area contributed by atoms with Gasteiger partial charge >= 0.3 is 0 Å². The maximum atomic E-state index is 12.3. The summed E-state index contributed by atoms with van der Waals surface area (Å²) in [5.74, 6) is -0.180. The van der Waals surface area contributed by atoms with Gasteiger partial charge in [0.15, 0.2) is 0 Å². The Morgan fingerprint density at radius 3 is 2.71 bits per heavy atom. The van der Waals surface area contributed by atoms with Crippen LogP contribution in [0.25, 0.3) is 0 Å². The van der Waals surface area contributed by atoms with Crippen molar-refractivity contribution < 1.29 is 14.3 Å². The number of nitrogens with two attached hydrogens (primary N) is 1. The number of carbonyl (C=O) groups excluding carboxylic acids is 2. The van der Waals surface area contributed by atoms with Gasteiger partial charge in [0.05, 0.1) is 5.54 Å². The monoisotopic (exact) mass is 333 g/mol. The van der Waals surface area contributed by atoms with Crippen LogP contribution in [0.2, 0.25) is 0 Å². The molecule has 1 aliphatic rings. The zero-order chi connectivity index (χ0) is 17.6. The lowest BCUT2D eigenvalue weighted by Crippen LogP contribution is -2.56. The lowest BCUT2D eigenvalue weighted by atomic mass is 9.90. The van der Waals surface area contributed by atoms with E-state index in [1.807, 2.05) is 38.1 Å². The van der Waals surface area contributed by atoms with Gasteiger partial charge in [-0.1, -0.05) is 26.0 Å². The Bertz CT molecular complexity index is 583. The number of benzene rings is 1. The van der Waals surface area contributed by atoms with E-state index in [9.17, 15) is 9.59 Å². The van der Waals surface area contributed by atoms with Crippen LogP contribution in [-0.2, 0) is 20.9 Å². The zero-order valence-corrected chi connectivity index (χ0v) is 14.4. The minimum atomic E-state index is -0.847. The van der Waals surface area contributed by atoms with E-state index in [0.29, 0.717) is 32.6 Å². The van der Waals surface area contributed by atoms with Gasteiger partial charge < -0.3 is 21.1 Å². The van der Waals surface area contributed by atoms with E-state index in [2.05, 4.69) is 10.6 Å². The average molecular weight is 333 g/mol. The SMILES string of the molecule is CCC(C)C(=O)Nc1cccc(CNC(=O)C2(N)CCOCC2)c1. The molecular weight excluding hydrogens is 306 g/mol. The number of amides is 2. The zero-order valence-electron chi connectivity index (χ0n) is 14.4. The Labute approximate surface area is 143 Å². The highest BCUT2D eigenvalue weighted by molar-refractivity contribution is 5.92. The van der Waals surface area contributed by atoms with E-state index >= 15 is 0 Å². The number of rotatable bonds is 6. The predicted molar refractivity (Wildman–Crippen MR) is 93.3 cm³/mol. The number of hydrogen-bond donors (Lipinski definition) is 3. The Hall–Kier alpha value is -1.92. The molecule has 2 rings (SSSR count). The largest absolute Gasteiger partial charge is 0.381 e. The quantitative estimate of drug-likeness (QED) is 0.740. The molecule has 1 heterocycles. The molecule has 1 unspecified atom stereocenters. The standard InChI is InChI=1S/C18H27N3O3/c1-3-13(2)16(22)21-15-6-4-5-14(11-15)12-20-17(23)18(19)7-9-24-10-8-18/h4-6,11,13H,3,7-10,12,19H2,1-2H3,(H,20,23)(H,21,22). The molecule has 1 aliphatic heterocycles. The van der Waals surface area contributed by atoms with Crippen LogP contribution >= 0.6 is 0 Å². The van der Waals surface area contributed by atoms with Crippen LogP contribution in [0, 0.1) is 5.92 Å². The van der Waals surface area contributed by atoms with Crippen LogP contribution in [0.3, 0.4) is 0 Å². The second-order valence-electron chi connectivity index (χ2n) is 6.45. The molecule has 0 aromatic heterocycles. The van der Waals surface area contributed by atoms with Gasteiger partial charge in [0, 0.05) is 31.4 Å². The smallest absolute Gasteiger partial charge is 0.240 e. The van der Waals surface area contributed by atoms with Gasteiger partial charge in [-0.25, -0.2) is 0 Å². The molecule has 1 aromatic rings. The summed E-state index contributed by atoms with van der Waals surface area (Å²) in [5, 5.41) is 5.79. The van der Waals surface area contributed by atoms with Crippen LogP contribution in [-0.4, -0.2) is 30.6 Å². The molecule has 0 saturated carbocycles. The molecule has 0 aliphatic carbocycles. The molecule has 24 heavy (non-hydrogen) atoms. The molecule has 1 atom stereocenters. The van der Waals surface area contributed by atoms with Gasteiger partial charge in [-0.05, 0) is 37.0 Å². The molecule has 0 spiro atoms. The van der Waals surface area contributed by atoms with Gasteiger partial charge in [-0.3, -0.25) is 9.59 Å². The number of anilines is 1. The third-order valence-electron chi connectivity index (χ3n) is 4.54. The topological polar surface area (TPSA) is 93.5 Å². The lowest BCUT2D eigenvalue weighted by molar-refractivity contribution is -0.129. The van der Waals surface area contributed by atoms with Crippen molar-refractivity contribution in [2.45, 2.75) is 45.2 Å². The van der Waals surface area contributed by atoms with Crippen molar-refractivity contribution in [3.05, 3.63) is 29.8 Å². The predicted octanol–water partition coefficient (Wildman–Crippen LogP) is 1.80. The highest BCUT2D eigenvalue weighted by Crippen LogP contribution is 2.18. The number of nitrogens with one attached hydrogen (secondary N) is 2. The van der Waals surface area contributed by atoms with Crippen molar-refractivity contribution in [2.24, 2.45) is 11.7 Å². The van der Waals surface area contributed by atoms with E-state index in [-0.39, 0.29) is 17.7 Å². The Morgan fingerprint density at radius 2 is 2.04 bits per heavy atom. The molecule has 0 radical (unpaired) electrons. The second kappa shape index (κ2) is 8.26. The summed E-state index contributed by atoms with van der Waals surface area (Å²) in [5.41, 5.74) is 6.97. The molecule has 1 saturated heterocycles. The number of hydrogen-bond acceptors (Lipinski definition) is 4. The third-order valence-corrected chi connectivity index (χ3v) is 4.54. The summed E-state index contributed by atoms with van der Waals surface area (Å²) in [4.78, 5) is 24.3. The fourth-order valence-corrected chi connectivity index (χ4v) is 2.53. The summed E-state index contributed by atoms with van der Waals surface area (Å²) in [7, 11) is 0. The van der Waals surface area contributed by atoms with Crippen molar-refractivity contribution in [3.8, 4) is 0 Å². The van der Waals surface area contributed by atoms with Crippen LogP contribution in [0.5, 0.6) is 0 Å². The van der Waals surface area contributed by atoms with Crippen molar-refractivity contribution >= 4 is 17.5 Å². The van der Waals surface area contributed by atoms with Crippen LogP contribution in [0.1, 0.15) is 38.7 Å². The highest BCUT2D eigenvalue weighted by Gasteiger charge is 2.35. The van der Waals surface area contributed by atoms with Gasteiger partial charge in [0.2, 0.25) is 11.8 Å². The van der Waals surface area contributed by atoms with Crippen molar-refractivity contribution in [1.29, 1.82) is 0 Å². The second-order valence-corrected chi connectivity index (χ2v) is 6.45. The van der Waals surface area contributed by atoms with E-state index in [1.165, 1.54) is 0 Å². The Balaban J connectivity index is 1.92. The van der Waals surface area contributed by atoms with Crippen LogP contribution in [0.15, 0.2) is 24.3 Å². The van der Waals surface area contributed by atoms with Gasteiger partial charge in [0.1, 0.15) is 0 Å². The minimum Gasteiger partial charge on any atom is -0.381 e. The minimum absolute atomic E-state index is 0.00167. The van der Waals surface area contributed by atoms with Crippen molar-refractivity contribution in [2.75, 3.05) is 18.5 Å². The molecule has 1 aromatic carbocycles. The van der Waals surface area contributed by atoms with E-state index in [1.54, 1.807) is 0 Å². The van der Waals surface area contributed by atoms with E-state index < -0.39 is 5.54 Å². The maximum absolute atomic E-state index is 12.3. The van der Waals surface area contributed by atoms with Gasteiger partial charge in [-0.15, -0.1) is 0 Å². The molecule has 1 fully saturated rings. The van der Waals surface area contributed by atoms with Crippen molar-refractivity contribution in [3.63, 3.8) is 0 Å². The fourth-order valence-electron chi connectivity index (χ4n) is 2.53.